The molecule has 7 heteroatoms. The van der Waals surface area contributed by atoms with Crippen molar-refractivity contribution in [3.05, 3.63) is 22.4 Å². The molecule has 0 aromatic carbocycles. The molecule has 0 bridgehead atoms. The number of rotatable bonds is 2. The minimum absolute atomic E-state index is 0.249. The molecule has 2 aromatic rings. The molecule has 3 rings (SSSR count). The third-order valence-corrected chi connectivity index (χ3v) is 3.75. The maximum atomic E-state index is 11.6. The average Bonchev–Trinajstić information content (AvgIpc) is 2.80. The number of anilines is 1. The van der Waals surface area contributed by atoms with Gasteiger partial charge in [0, 0.05) is 25.2 Å². The van der Waals surface area contributed by atoms with Gasteiger partial charge in [-0.1, -0.05) is 0 Å². The van der Waals surface area contributed by atoms with E-state index in [0.29, 0.717) is 24.1 Å². The summed E-state index contributed by atoms with van der Waals surface area (Å²) in [5.74, 6) is 1.51. The van der Waals surface area contributed by atoms with Crippen molar-refractivity contribution in [1.82, 2.24) is 19.6 Å². The van der Waals surface area contributed by atoms with Crippen LogP contribution in [0.15, 0.2) is 10.9 Å². The molecule has 2 aromatic heterocycles. The molecule has 1 unspecified atom stereocenters. The molecular weight excluding hydrogens is 244 g/mol. The van der Waals surface area contributed by atoms with Crippen LogP contribution in [0.25, 0.3) is 5.65 Å². The van der Waals surface area contributed by atoms with E-state index in [0.717, 1.165) is 25.2 Å². The Hall–Kier alpha value is -1.89. The molecule has 1 saturated heterocycles. The molecule has 1 fully saturated rings. The molecule has 7 nitrogen and oxygen atoms in total. The van der Waals surface area contributed by atoms with Crippen molar-refractivity contribution >= 4 is 11.5 Å². The van der Waals surface area contributed by atoms with Gasteiger partial charge in [-0.05, 0) is 26.2 Å². The predicted molar refractivity (Wildman–Crippen MR) is 72.4 cm³/mol. The maximum Gasteiger partial charge on any atom is 0.349 e. The normalized spacial score (nSPS) is 20.1. The van der Waals surface area contributed by atoms with Crippen LogP contribution in [0.2, 0.25) is 0 Å². The number of H-pyrrole nitrogens is 1. The van der Waals surface area contributed by atoms with Crippen molar-refractivity contribution in [3.8, 4) is 0 Å². The van der Waals surface area contributed by atoms with Crippen molar-refractivity contribution in [3.63, 3.8) is 0 Å². The van der Waals surface area contributed by atoms with Gasteiger partial charge in [-0.25, -0.2) is 19.3 Å². The lowest BCUT2D eigenvalue weighted by Gasteiger charge is -2.36. The summed E-state index contributed by atoms with van der Waals surface area (Å²) in [7, 11) is 0. The van der Waals surface area contributed by atoms with E-state index in [2.05, 4.69) is 20.1 Å². The predicted octanol–water partition coefficient (Wildman–Crippen LogP) is 0.0436. The number of nitrogens with one attached hydrogen (secondary N) is 1. The van der Waals surface area contributed by atoms with Gasteiger partial charge in [0.1, 0.15) is 11.6 Å². The first-order valence-electron chi connectivity index (χ1n) is 6.62. The summed E-state index contributed by atoms with van der Waals surface area (Å²) in [5, 5.41) is 6.46. The van der Waals surface area contributed by atoms with Gasteiger partial charge in [0.2, 0.25) is 0 Å². The second-order valence-corrected chi connectivity index (χ2v) is 4.96. The Labute approximate surface area is 110 Å². The highest BCUT2D eigenvalue weighted by Gasteiger charge is 2.23. The van der Waals surface area contributed by atoms with Gasteiger partial charge in [-0.3, -0.25) is 0 Å². The average molecular weight is 262 g/mol. The molecule has 1 aliphatic rings. The van der Waals surface area contributed by atoms with Crippen LogP contribution in [-0.4, -0.2) is 38.7 Å². The lowest BCUT2D eigenvalue weighted by Crippen LogP contribution is -2.44. The number of nitrogens with two attached hydrogens (primary N) is 1. The summed E-state index contributed by atoms with van der Waals surface area (Å²) >= 11 is 0. The fraction of sp³-hybridized carbons (Fsp3) is 0.583. The van der Waals surface area contributed by atoms with Crippen LogP contribution in [0.3, 0.4) is 0 Å². The molecule has 3 N–H and O–H groups in total. The van der Waals surface area contributed by atoms with Crippen molar-refractivity contribution in [2.24, 2.45) is 5.73 Å². The minimum Gasteiger partial charge on any atom is -0.352 e. The van der Waals surface area contributed by atoms with Crippen molar-refractivity contribution in [2.45, 2.75) is 32.2 Å². The van der Waals surface area contributed by atoms with E-state index in [4.69, 9.17) is 5.73 Å². The summed E-state index contributed by atoms with van der Waals surface area (Å²) in [6.45, 7) is 3.40. The number of fused-ring (bicyclic) bond motifs is 1. The smallest absolute Gasteiger partial charge is 0.349 e. The van der Waals surface area contributed by atoms with Crippen molar-refractivity contribution in [2.75, 3.05) is 18.0 Å². The molecular formula is C12H18N6O. The number of aromatic nitrogens is 4. The SMILES string of the molecule is Cc1nc(N2CCCCC2CN)cc2n[nH]c(=O)n12. The number of hydrogen-bond acceptors (Lipinski definition) is 5. The second kappa shape index (κ2) is 4.65. The van der Waals surface area contributed by atoms with E-state index in [9.17, 15) is 4.79 Å². The zero-order valence-corrected chi connectivity index (χ0v) is 11.0. The van der Waals surface area contributed by atoms with Crippen LogP contribution in [0.4, 0.5) is 5.82 Å². The summed E-state index contributed by atoms with van der Waals surface area (Å²) < 4.78 is 1.48. The van der Waals surface area contributed by atoms with E-state index < -0.39 is 0 Å². The van der Waals surface area contributed by atoms with E-state index in [-0.39, 0.29) is 5.69 Å². The summed E-state index contributed by atoms with van der Waals surface area (Å²) in [4.78, 5) is 18.3. The van der Waals surface area contributed by atoms with Crippen LogP contribution in [0.1, 0.15) is 25.1 Å². The zero-order chi connectivity index (χ0) is 13.4. The van der Waals surface area contributed by atoms with Crippen molar-refractivity contribution in [1.29, 1.82) is 0 Å². The first-order chi connectivity index (χ1) is 9.20. The summed E-state index contributed by atoms with van der Waals surface area (Å²) in [5.41, 5.74) is 6.20. The number of piperidine rings is 1. The maximum absolute atomic E-state index is 11.6. The van der Waals surface area contributed by atoms with Gasteiger partial charge in [-0.15, -0.1) is 0 Å². The van der Waals surface area contributed by atoms with E-state index in [1.165, 1.54) is 10.8 Å². The molecule has 1 aliphatic heterocycles. The minimum atomic E-state index is -0.249. The molecule has 19 heavy (non-hydrogen) atoms. The standard InChI is InChI=1S/C12H18N6O/c1-8-14-10(6-11-15-16-12(19)18(8)11)17-5-3-2-4-9(17)7-13/h6,9H,2-5,7,13H2,1H3,(H,16,19). The lowest BCUT2D eigenvalue weighted by atomic mass is 10.0. The third-order valence-electron chi connectivity index (χ3n) is 3.75. The first kappa shape index (κ1) is 12.2. The molecule has 0 aliphatic carbocycles. The van der Waals surface area contributed by atoms with Gasteiger partial charge in [0.25, 0.3) is 0 Å². The molecule has 0 radical (unpaired) electrons. The molecule has 0 saturated carbocycles. The fourth-order valence-electron chi connectivity index (χ4n) is 2.78. The number of nitrogens with zero attached hydrogens (tertiary/aromatic N) is 4. The highest BCUT2D eigenvalue weighted by Crippen LogP contribution is 2.23. The van der Waals surface area contributed by atoms with Gasteiger partial charge in [0.15, 0.2) is 5.65 Å². The van der Waals surface area contributed by atoms with Crippen LogP contribution < -0.4 is 16.3 Å². The molecule has 0 spiro atoms. The Bertz CT molecular complexity index is 645. The van der Waals surface area contributed by atoms with Gasteiger partial charge in [-0.2, -0.15) is 5.10 Å². The lowest BCUT2D eigenvalue weighted by molar-refractivity contribution is 0.461. The van der Waals surface area contributed by atoms with E-state index >= 15 is 0 Å². The Balaban J connectivity index is 2.07. The van der Waals surface area contributed by atoms with Crippen molar-refractivity contribution < 1.29 is 0 Å². The molecule has 102 valence electrons. The molecule has 0 amide bonds. The summed E-state index contributed by atoms with van der Waals surface area (Å²) in [6.07, 6.45) is 3.45. The second-order valence-electron chi connectivity index (χ2n) is 4.96. The number of aromatic amines is 1. The van der Waals surface area contributed by atoms with Gasteiger partial charge < -0.3 is 10.6 Å². The van der Waals surface area contributed by atoms with Crippen LogP contribution in [0.5, 0.6) is 0 Å². The quantitative estimate of drug-likeness (QED) is 0.797. The Morgan fingerprint density at radius 3 is 3.16 bits per heavy atom. The van der Waals surface area contributed by atoms with E-state index in [1.54, 1.807) is 0 Å². The number of hydrogen-bond donors (Lipinski definition) is 2. The largest absolute Gasteiger partial charge is 0.352 e. The molecule has 3 heterocycles. The number of aryl methyl sites for hydroxylation is 1. The van der Waals surface area contributed by atoms with Crippen LogP contribution in [0, 0.1) is 6.92 Å². The molecule has 1 atom stereocenters. The third kappa shape index (κ3) is 1.99. The highest BCUT2D eigenvalue weighted by atomic mass is 16.1. The van der Waals surface area contributed by atoms with Gasteiger partial charge in [0.05, 0.1) is 0 Å². The Morgan fingerprint density at radius 2 is 2.37 bits per heavy atom. The van der Waals surface area contributed by atoms with Gasteiger partial charge >= 0.3 is 5.69 Å². The van der Waals surface area contributed by atoms with Crippen LogP contribution in [-0.2, 0) is 0 Å². The van der Waals surface area contributed by atoms with Crippen LogP contribution >= 0.6 is 0 Å². The first-order valence-corrected chi connectivity index (χ1v) is 6.62. The Morgan fingerprint density at radius 1 is 1.53 bits per heavy atom. The zero-order valence-electron chi connectivity index (χ0n) is 11.0. The van der Waals surface area contributed by atoms with E-state index in [1.807, 2.05) is 13.0 Å². The summed E-state index contributed by atoms with van der Waals surface area (Å²) in [6, 6.07) is 2.17. The topological polar surface area (TPSA) is 92.3 Å². The highest BCUT2D eigenvalue weighted by molar-refractivity contribution is 5.52. The Kier molecular flexibility index (Phi) is 2.98. The monoisotopic (exact) mass is 262 g/mol. The fourth-order valence-corrected chi connectivity index (χ4v) is 2.78.